The Hall–Kier alpha value is -0.800. The molecule has 1 aliphatic rings. The van der Waals surface area contributed by atoms with Crippen LogP contribution in [-0.2, 0) is 0 Å². The summed E-state index contributed by atoms with van der Waals surface area (Å²) >= 11 is 5.79. The van der Waals surface area contributed by atoms with E-state index < -0.39 is 5.60 Å². The highest BCUT2D eigenvalue weighted by atomic mass is 35.5. The number of hydrogen-bond donors (Lipinski definition) is 1. The third kappa shape index (κ3) is 1.99. The van der Waals surface area contributed by atoms with Crippen LogP contribution in [0.1, 0.15) is 13.3 Å². The van der Waals surface area contributed by atoms with E-state index in [9.17, 15) is 5.11 Å². The van der Waals surface area contributed by atoms with Crippen molar-refractivity contribution in [2.45, 2.75) is 18.9 Å². The number of hydrogen-bond acceptors (Lipinski definition) is 3. The zero-order chi connectivity index (χ0) is 10.2. The number of nitrogens with zero attached hydrogens (tertiary/aromatic N) is 2. The molecular formula is C10H13ClN2O. The summed E-state index contributed by atoms with van der Waals surface area (Å²) in [5.41, 5.74) is 0.457. The normalized spacial score (nSPS) is 26.9. The van der Waals surface area contributed by atoms with Crippen molar-refractivity contribution in [1.82, 2.24) is 4.98 Å². The molecule has 1 saturated heterocycles. The van der Waals surface area contributed by atoms with Gasteiger partial charge in [0.15, 0.2) is 0 Å². The Bertz CT molecular complexity index is 341. The quantitative estimate of drug-likeness (QED) is 0.720. The maximum Gasteiger partial charge on any atom is 0.131 e. The smallest absolute Gasteiger partial charge is 0.131 e. The second-order valence-electron chi connectivity index (χ2n) is 4.01. The molecule has 1 aromatic rings. The molecule has 1 atom stereocenters. The Balaban J connectivity index is 2.17. The molecule has 1 aromatic heterocycles. The minimum atomic E-state index is -0.574. The number of rotatable bonds is 1. The summed E-state index contributed by atoms with van der Waals surface area (Å²) in [6.07, 6.45) is 2.48. The van der Waals surface area contributed by atoms with Crippen LogP contribution in [0.4, 0.5) is 5.69 Å². The van der Waals surface area contributed by atoms with Crippen LogP contribution in [0.25, 0.3) is 0 Å². The van der Waals surface area contributed by atoms with Crippen molar-refractivity contribution in [3.8, 4) is 0 Å². The summed E-state index contributed by atoms with van der Waals surface area (Å²) in [4.78, 5) is 6.04. The highest BCUT2D eigenvalue weighted by Crippen LogP contribution is 2.26. The second kappa shape index (κ2) is 3.41. The van der Waals surface area contributed by atoms with E-state index in [1.165, 1.54) is 0 Å². The molecule has 2 rings (SSSR count). The molecule has 1 unspecified atom stereocenters. The van der Waals surface area contributed by atoms with Gasteiger partial charge in [-0.05, 0) is 25.5 Å². The summed E-state index contributed by atoms with van der Waals surface area (Å²) in [5, 5.41) is 10.3. The highest BCUT2D eigenvalue weighted by molar-refractivity contribution is 6.29. The Morgan fingerprint density at radius 1 is 1.64 bits per heavy atom. The van der Waals surface area contributed by atoms with Gasteiger partial charge >= 0.3 is 0 Å². The van der Waals surface area contributed by atoms with E-state index >= 15 is 0 Å². The third-order valence-electron chi connectivity index (χ3n) is 2.53. The topological polar surface area (TPSA) is 36.4 Å². The number of pyridine rings is 1. The first-order chi connectivity index (χ1) is 6.57. The van der Waals surface area contributed by atoms with Crippen LogP contribution >= 0.6 is 11.6 Å². The van der Waals surface area contributed by atoms with Crippen molar-refractivity contribution in [1.29, 1.82) is 0 Å². The largest absolute Gasteiger partial charge is 0.388 e. The number of aromatic nitrogens is 1. The summed E-state index contributed by atoms with van der Waals surface area (Å²) in [6.45, 7) is 3.39. The van der Waals surface area contributed by atoms with E-state index in [4.69, 9.17) is 11.6 Å². The van der Waals surface area contributed by atoms with Crippen LogP contribution in [0.3, 0.4) is 0 Å². The lowest BCUT2D eigenvalue weighted by molar-refractivity contribution is 0.0839. The van der Waals surface area contributed by atoms with Crippen LogP contribution in [0.15, 0.2) is 18.3 Å². The molecule has 0 radical (unpaired) electrons. The summed E-state index contributed by atoms with van der Waals surface area (Å²) in [7, 11) is 0. The fourth-order valence-electron chi connectivity index (χ4n) is 1.75. The molecular weight excluding hydrogens is 200 g/mol. The van der Waals surface area contributed by atoms with Crippen molar-refractivity contribution in [3.05, 3.63) is 23.5 Å². The molecule has 3 nitrogen and oxygen atoms in total. The first-order valence-electron chi connectivity index (χ1n) is 4.66. The van der Waals surface area contributed by atoms with Crippen LogP contribution in [0, 0.1) is 0 Å². The average Bonchev–Trinajstić information content (AvgIpc) is 2.46. The van der Waals surface area contributed by atoms with Gasteiger partial charge in [0, 0.05) is 25.0 Å². The molecule has 0 aromatic carbocycles. The van der Waals surface area contributed by atoms with E-state index in [-0.39, 0.29) is 0 Å². The molecule has 1 aliphatic heterocycles. The SMILES string of the molecule is CC1(O)CCN(c2ccnc(Cl)c2)C1. The van der Waals surface area contributed by atoms with Crippen molar-refractivity contribution in [2.75, 3.05) is 18.0 Å². The molecule has 76 valence electrons. The van der Waals surface area contributed by atoms with Gasteiger partial charge in [0.25, 0.3) is 0 Å². The highest BCUT2D eigenvalue weighted by Gasteiger charge is 2.31. The summed E-state index contributed by atoms with van der Waals surface area (Å²) < 4.78 is 0. The first-order valence-corrected chi connectivity index (χ1v) is 5.03. The Kier molecular flexibility index (Phi) is 2.37. The van der Waals surface area contributed by atoms with Crippen molar-refractivity contribution in [2.24, 2.45) is 0 Å². The fraction of sp³-hybridized carbons (Fsp3) is 0.500. The zero-order valence-electron chi connectivity index (χ0n) is 8.07. The first kappa shape index (κ1) is 9.74. The van der Waals surface area contributed by atoms with E-state index in [2.05, 4.69) is 9.88 Å². The number of anilines is 1. The molecule has 14 heavy (non-hydrogen) atoms. The lowest BCUT2D eigenvalue weighted by atomic mass is 10.1. The Labute approximate surface area is 88.3 Å². The van der Waals surface area contributed by atoms with Gasteiger partial charge in [0.05, 0.1) is 5.60 Å². The molecule has 0 spiro atoms. The van der Waals surface area contributed by atoms with Crippen molar-refractivity contribution >= 4 is 17.3 Å². The van der Waals surface area contributed by atoms with Gasteiger partial charge in [-0.15, -0.1) is 0 Å². The molecule has 4 heteroatoms. The van der Waals surface area contributed by atoms with E-state index in [0.717, 1.165) is 18.7 Å². The maximum absolute atomic E-state index is 9.81. The molecule has 1 N–H and O–H groups in total. The second-order valence-corrected chi connectivity index (χ2v) is 4.39. The van der Waals surface area contributed by atoms with Gasteiger partial charge in [-0.3, -0.25) is 0 Å². The fourth-order valence-corrected chi connectivity index (χ4v) is 1.92. The molecule has 0 bridgehead atoms. The average molecular weight is 213 g/mol. The predicted octanol–water partition coefficient (Wildman–Crippen LogP) is 1.70. The third-order valence-corrected chi connectivity index (χ3v) is 2.73. The number of halogens is 1. The predicted molar refractivity (Wildman–Crippen MR) is 56.7 cm³/mol. The van der Waals surface area contributed by atoms with Gasteiger partial charge in [-0.25, -0.2) is 4.98 Å². The van der Waals surface area contributed by atoms with Gasteiger partial charge in [0.1, 0.15) is 5.15 Å². The summed E-state index contributed by atoms with van der Waals surface area (Å²) in [5.74, 6) is 0. The molecule has 0 aliphatic carbocycles. The molecule has 0 saturated carbocycles. The lowest BCUT2D eigenvalue weighted by Gasteiger charge is -2.20. The minimum absolute atomic E-state index is 0.494. The van der Waals surface area contributed by atoms with Gasteiger partial charge in [-0.1, -0.05) is 11.6 Å². The Morgan fingerprint density at radius 3 is 3.00 bits per heavy atom. The standard InChI is InChI=1S/C10H13ClN2O/c1-10(14)3-5-13(7-10)8-2-4-12-9(11)6-8/h2,4,6,14H,3,5,7H2,1H3. The van der Waals surface area contributed by atoms with Gasteiger partial charge in [0.2, 0.25) is 0 Å². The number of β-amino-alcohol motifs (C(OH)–C–C–N with tert-alkyl or cyclic N) is 1. The maximum atomic E-state index is 9.81. The van der Waals surface area contributed by atoms with Crippen LogP contribution in [0.5, 0.6) is 0 Å². The van der Waals surface area contributed by atoms with Crippen LogP contribution in [-0.4, -0.2) is 28.8 Å². The van der Waals surface area contributed by atoms with Crippen molar-refractivity contribution < 1.29 is 5.11 Å². The van der Waals surface area contributed by atoms with E-state index in [0.29, 0.717) is 11.7 Å². The monoisotopic (exact) mass is 212 g/mol. The zero-order valence-corrected chi connectivity index (χ0v) is 8.83. The molecule has 1 fully saturated rings. The number of aliphatic hydroxyl groups is 1. The minimum Gasteiger partial charge on any atom is -0.388 e. The lowest BCUT2D eigenvalue weighted by Crippen LogP contribution is -2.29. The molecule has 2 heterocycles. The van der Waals surface area contributed by atoms with Gasteiger partial charge in [-0.2, -0.15) is 0 Å². The summed E-state index contributed by atoms with van der Waals surface area (Å²) in [6, 6.07) is 3.73. The molecule has 0 amide bonds. The van der Waals surface area contributed by atoms with E-state index in [1.807, 2.05) is 19.1 Å². The van der Waals surface area contributed by atoms with Crippen molar-refractivity contribution in [3.63, 3.8) is 0 Å². The van der Waals surface area contributed by atoms with Crippen LogP contribution in [0.2, 0.25) is 5.15 Å². The van der Waals surface area contributed by atoms with E-state index in [1.54, 1.807) is 6.20 Å². The van der Waals surface area contributed by atoms with Crippen LogP contribution < -0.4 is 4.90 Å². The van der Waals surface area contributed by atoms with Gasteiger partial charge < -0.3 is 10.0 Å². The Morgan fingerprint density at radius 2 is 2.43 bits per heavy atom.